The fraction of sp³-hybridized carbons (Fsp3) is 0.571. The van der Waals surface area contributed by atoms with Crippen LogP contribution in [0.25, 0.3) is 0 Å². The van der Waals surface area contributed by atoms with Gasteiger partial charge in [-0.1, -0.05) is 13.0 Å². The Balaban J connectivity index is 4.12. The number of hydrogen-bond donors (Lipinski definition) is 0. The van der Waals surface area contributed by atoms with E-state index in [0.717, 1.165) is 6.92 Å². The number of carbonyl (C=O) groups excluding carboxylic acids is 1. The topological polar surface area (TPSA) is 17.1 Å². The number of carbonyl (C=O) groups is 1. The van der Waals surface area contributed by atoms with Gasteiger partial charge >= 0.3 is 5.92 Å². The maximum absolute atomic E-state index is 12.3. The molecule has 0 atom stereocenters. The van der Waals surface area contributed by atoms with Crippen molar-refractivity contribution < 1.29 is 13.6 Å². The maximum Gasteiger partial charge on any atom is 0.323 e. The Hall–Kier alpha value is -0.730. The number of alkyl halides is 2. The maximum atomic E-state index is 12.3. The first-order valence-corrected chi connectivity index (χ1v) is 3.07. The van der Waals surface area contributed by atoms with Gasteiger partial charge in [0.1, 0.15) is 0 Å². The molecule has 0 saturated carbocycles. The van der Waals surface area contributed by atoms with E-state index in [1.807, 2.05) is 0 Å². The smallest absolute Gasteiger partial charge is 0.293 e. The van der Waals surface area contributed by atoms with E-state index in [0.29, 0.717) is 12.5 Å². The lowest BCUT2D eigenvalue weighted by atomic mass is 10.2. The van der Waals surface area contributed by atoms with Crippen molar-refractivity contribution in [3.8, 4) is 0 Å². The number of ketones is 1. The van der Waals surface area contributed by atoms with E-state index >= 15 is 0 Å². The van der Waals surface area contributed by atoms with Gasteiger partial charge < -0.3 is 0 Å². The number of allylic oxidation sites excluding steroid dienone is 2. The van der Waals surface area contributed by atoms with Crippen LogP contribution in [-0.2, 0) is 4.79 Å². The summed E-state index contributed by atoms with van der Waals surface area (Å²) in [6, 6.07) is 0. The number of halogens is 2. The summed E-state index contributed by atoms with van der Waals surface area (Å²) in [5.74, 6) is -4.38. The van der Waals surface area contributed by atoms with Gasteiger partial charge in [0.2, 0.25) is 5.78 Å². The van der Waals surface area contributed by atoms with Crippen molar-refractivity contribution in [1.82, 2.24) is 0 Å². The summed E-state index contributed by atoms with van der Waals surface area (Å²) < 4.78 is 24.6. The molecule has 0 aromatic rings. The van der Waals surface area contributed by atoms with Crippen molar-refractivity contribution in [1.29, 1.82) is 0 Å². The molecule has 0 aliphatic rings. The minimum atomic E-state index is -3.27. The summed E-state index contributed by atoms with van der Waals surface area (Å²) in [5.41, 5.74) is 0. The Morgan fingerprint density at radius 2 is 2.10 bits per heavy atom. The monoisotopic (exact) mass is 148 g/mol. The highest BCUT2D eigenvalue weighted by Gasteiger charge is 2.30. The number of rotatable bonds is 3. The summed E-state index contributed by atoms with van der Waals surface area (Å²) in [7, 11) is 0. The lowest BCUT2D eigenvalue weighted by molar-refractivity contribution is -0.134. The molecule has 0 radical (unpaired) electrons. The molecule has 0 aliphatic carbocycles. The standard InChI is InChI=1S/C7H10F2O/c1-3-4-5-7(8,9)6(2)10/h4-5H,3H2,1-2H3/b5-4+. The molecule has 0 amide bonds. The fourth-order valence-electron chi connectivity index (χ4n) is 0.383. The Morgan fingerprint density at radius 1 is 1.60 bits per heavy atom. The van der Waals surface area contributed by atoms with Crippen LogP contribution in [-0.4, -0.2) is 11.7 Å². The molecular formula is C7H10F2O. The van der Waals surface area contributed by atoms with E-state index < -0.39 is 11.7 Å². The first kappa shape index (κ1) is 9.27. The molecule has 0 saturated heterocycles. The fourth-order valence-corrected chi connectivity index (χ4v) is 0.383. The van der Waals surface area contributed by atoms with Gasteiger partial charge in [0.05, 0.1) is 0 Å². The summed E-state index contributed by atoms with van der Waals surface area (Å²) in [5, 5.41) is 0. The average Bonchev–Trinajstić information content (AvgIpc) is 1.84. The lowest BCUT2D eigenvalue weighted by Gasteiger charge is -2.04. The second-order valence-electron chi connectivity index (χ2n) is 1.99. The zero-order valence-electron chi connectivity index (χ0n) is 6.03. The molecule has 58 valence electrons. The lowest BCUT2D eigenvalue weighted by Crippen LogP contribution is -2.22. The first-order valence-electron chi connectivity index (χ1n) is 3.07. The van der Waals surface area contributed by atoms with Crippen LogP contribution in [0.5, 0.6) is 0 Å². The molecule has 10 heavy (non-hydrogen) atoms. The van der Waals surface area contributed by atoms with E-state index in [1.54, 1.807) is 6.92 Å². The zero-order valence-corrected chi connectivity index (χ0v) is 6.03. The van der Waals surface area contributed by atoms with Crippen molar-refractivity contribution in [2.24, 2.45) is 0 Å². The average molecular weight is 148 g/mol. The highest BCUT2D eigenvalue weighted by Crippen LogP contribution is 2.16. The molecule has 0 aromatic heterocycles. The van der Waals surface area contributed by atoms with Crippen molar-refractivity contribution in [3.05, 3.63) is 12.2 Å². The Labute approximate surface area is 58.7 Å². The van der Waals surface area contributed by atoms with E-state index in [4.69, 9.17) is 0 Å². The van der Waals surface area contributed by atoms with E-state index in [-0.39, 0.29) is 0 Å². The van der Waals surface area contributed by atoms with Crippen molar-refractivity contribution in [2.75, 3.05) is 0 Å². The molecule has 0 N–H and O–H groups in total. The third kappa shape index (κ3) is 2.71. The molecule has 0 aliphatic heterocycles. The summed E-state index contributed by atoms with van der Waals surface area (Å²) >= 11 is 0. The van der Waals surface area contributed by atoms with Crippen LogP contribution in [0.2, 0.25) is 0 Å². The number of hydrogen-bond acceptors (Lipinski definition) is 1. The molecule has 0 spiro atoms. The second kappa shape index (κ2) is 3.44. The minimum absolute atomic E-state index is 0.517. The van der Waals surface area contributed by atoms with Crippen molar-refractivity contribution >= 4 is 5.78 Å². The predicted octanol–water partition coefficient (Wildman–Crippen LogP) is 2.18. The summed E-state index contributed by atoms with van der Waals surface area (Å²) in [6.07, 6.45) is 2.43. The second-order valence-corrected chi connectivity index (χ2v) is 1.99. The van der Waals surface area contributed by atoms with Gasteiger partial charge in [0.25, 0.3) is 0 Å². The third-order valence-corrected chi connectivity index (χ3v) is 1.03. The molecule has 1 nitrogen and oxygen atoms in total. The van der Waals surface area contributed by atoms with Gasteiger partial charge in [0, 0.05) is 6.92 Å². The largest absolute Gasteiger partial charge is 0.323 e. The van der Waals surface area contributed by atoms with Gasteiger partial charge in [-0.3, -0.25) is 4.79 Å². The van der Waals surface area contributed by atoms with Gasteiger partial charge in [-0.2, -0.15) is 8.78 Å². The zero-order chi connectivity index (χ0) is 8.20. The predicted molar refractivity (Wildman–Crippen MR) is 35.1 cm³/mol. The molecule has 3 heteroatoms. The van der Waals surface area contributed by atoms with Crippen molar-refractivity contribution in [2.45, 2.75) is 26.2 Å². The highest BCUT2D eigenvalue weighted by molar-refractivity contribution is 5.85. The molecule has 0 unspecified atom stereocenters. The summed E-state index contributed by atoms with van der Waals surface area (Å²) in [6.45, 7) is 2.60. The van der Waals surface area contributed by atoms with Gasteiger partial charge in [0.15, 0.2) is 0 Å². The van der Waals surface area contributed by atoms with Crippen LogP contribution in [0.1, 0.15) is 20.3 Å². The molecule has 0 aromatic carbocycles. The Bertz CT molecular complexity index is 150. The van der Waals surface area contributed by atoms with Crippen molar-refractivity contribution in [3.63, 3.8) is 0 Å². The highest BCUT2D eigenvalue weighted by atomic mass is 19.3. The Morgan fingerprint density at radius 3 is 2.40 bits per heavy atom. The van der Waals surface area contributed by atoms with Crippen LogP contribution in [0.3, 0.4) is 0 Å². The van der Waals surface area contributed by atoms with Gasteiger partial charge in [-0.25, -0.2) is 0 Å². The normalized spacial score (nSPS) is 12.4. The molecule has 0 fully saturated rings. The van der Waals surface area contributed by atoms with Crippen LogP contribution >= 0.6 is 0 Å². The number of Topliss-reactive ketones (excluding diaryl/α,β-unsaturated/α-hetero) is 1. The van der Waals surface area contributed by atoms with E-state index in [9.17, 15) is 13.6 Å². The first-order chi connectivity index (χ1) is 4.50. The van der Waals surface area contributed by atoms with Crippen LogP contribution in [0.15, 0.2) is 12.2 Å². The Kier molecular flexibility index (Phi) is 3.19. The van der Waals surface area contributed by atoms with Crippen LogP contribution in [0, 0.1) is 0 Å². The van der Waals surface area contributed by atoms with E-state index in [2.05, 4.69) is 0 Å². The molecule has 0 rings (SSSR count). The SMILES string of the molecule is CC/C=C/C(F)(F)C(C)=O. The van der Waals surface area contributed by atoms with Crippen LogP contribution in [0.4, 0.5) is 8.78 Å². The van der Waals surface area contributed by atoms with Gasteiger partial charge in [-0.05, 0) is 12.5 Å². The minimum Gasteiger partial charge on any atom is -0.293 e. The van der Waals surface area contributed by atoms with Crippen LogP contribution < -0.4 is 0 Å². The summed E-state index contributed by atoms with van der Waals surface area (Å²) in [4.78, 5) is 10.2. The third-order valence-electron chi connectivity index (χ3n) is 1.03. The molecular weight excluding hydrogens is 138 g/mol. The van der Waals surface area contributed by atoms with Gasteiger partial charge in [-0.15, -0.1) is 0 Å². The quantitative estimate of drug-likeness (QED) is 0.560. The van der Waals surface area contributed by atoms with E-state index in [1.165, 1.54) is 6.08 Å². The molecule has 0 bridgehead atoms. The molecule has 0 heterocycles.